The molecule has 0 aliphatic rings. The SMILES string of the molecule is CCc1ccc(C(=O)[C@@H](C)Oc2ccc(-c3nnco3)cc2)cc1. The van der Waals surface area contributed by atoms with E-state index >= 15 is 0 Å². The lowest BCUT2D eigenvalue weighted by atomic mass is 10.0. The number of benzene rings is 2. The van der Waals surface area contributed by atoms with Crippen LogP contribution in [0.3, 0.4) is 0 Å². The molecule has 122 valence electrons. The summed E-state index contributed by atoms with van der Waals surface area (Å²) in [6.07, 6.45) is 1.67. The predicted molar refractivity (Wildman–Crippen MR) is 90.0 cm³/mol. The second-order valence-electron chi connectivity index (χ2n) is 5.44. The molecule has 1 aromatic heterocycles. The molecule has 3 rings (SSSR count). The summed E-state index contributed by atoms with van der Waals surface area (Å²) in [4.78, 5) is 12.4. The molecule has 0 fully saturated rings. The molecule has 0 unspecified atom stereocenters. The fraction of sp³-hybridized carbons (Fsp3) is 0.211. The number of ether oxygens (including phenoxy) is 1. The topological polar surface area (TPSA) is 65.2 Å². The van der Waals surface area contributed by atoms with Gasteiger partial charge >= 0.3 is 0 Å². The van der Waals surface area contributed by atoms with Gasteiger partial charge in [-0.1, -0.05) is 31.2 Å². The van der Waals surface area contributed by atoms with E-state index in [1.807, 2.05) is 36.4 Å². The first kappa shape index (κ1) is 15.9. The Morgan fingerprint density at radius 3 is 2.42 bits per heavy atom. The van der Waals surface area contributed by atoms with Gasteiger partial charge in [0.05, 0.1) is 0 Å². The number of aromatic nitrogens is 2. The number of nitrogens with zero attached hydrogens (tertiary/aromatic N) is 2. The molecule has 0 amide bonds. The van der Waals surface area contributed by atoms with Crippen molar-refractivity contribution < 1.29 is 13.9 Å². The second kappa shape index (κ2) is 7.08. The summed E-state index contributed by atoms with van der Waals surface area (Å²) in [5.74, 6) is 1.02. The molecular formula is C19H18N2O3. The van der Waals surface area contributed by atoms with Crippen LogP contribution >= 0.6 is 0 Å². The minimum absolute atomic E-state index is 0.0429. The largest absolute Gasteiger partial charge is 0.483 e. The highest BCUT2D eigenvalue weighted by molar-refractivity contribution is 5.99. The van der Waals surface area contributed by atoms with Crippen molar-refractivity contribution in [2.75, 3.05) is 0 Å². The molecular weight excluding hydrogens is 304 g/mol. The Hall–Kier alpha value is -2.95. The third kappa shape index (κ3) is 3.51. The van der Waals surface area contributed by atoms with Crippen molar-refractivity contribution in [1.82, 2.24) is 10.2 Å². The number of carbonyl (C=O) groups is 1. The summed E-state index contributed by atoms with van der Waals surface area (Å²) >= 11 is 0. The summed E-state index contributed by atoms with van der Waals surface area (Å²) < 4.78 is 10.9. The average Bonchev–Trinajstić information content (AvgIpc) is 3.16. The van der Waals surface area contributed by atoms with E-state index in [0.29, 0.717) is 17.2 Å². The Bertz CT molecular complexity index is 794. The zero-order chi connectivity index (χ0) is 16.9. The highest BCUT2D eigenvalue weighted by Gasteiger charge is 2.17. The molecule has 0 aliphatic carbocycles. The molecule has 5 heteroatoms. The van der Waals surface area contributed by atoms with Crippen LogP contribution in [0.1, 0.15) is 29.8 Å². The van der Waals surface area contributed by atoms with Gasteiger partial charge < -0.3 is 9.15 Å². The predicted octanol–water partition coefficient (Wildman–Crippen LogP) is 3.95. The van der Waals surface area contributed by atoms with E-state index in [2.05, 4.69) is 17.1 Å². The number of Topliss-reactive ketones (excluding diaryl/α,β-unsaturated/α-hetero) is 1. The summed E-state index contributed by atoms with van der Waals surface area (Å²) in [5.41, 5.74) is 2.66. The highest BCUT2D eigenvalue weighted by Crippen LogP contribution is 2.21. The van der Waals surface area contributed by atoms with Crippen molar-refractivity contribution in [2.45, 2.75) is 26.4 Å². The van der Waals surface area contributed by atoms with E-state index < -0.39 is 6.10 Å². The molecule has 0 saturated carbocycles. The standard InChI is InChI=1S/C19H18N2O3/c1-3-14-4-6-15(7-5-14)18(22)13(2)24-17-10-8-16(9-11-17)19-21-20-12-23-19/h4-13H,3H2,1-2H3/t13-/m1/s1. The first-order valence-corrected chi connectivity index (χ1v) is 7.84. The number of aryl methyl sites for hydroxylation is 1. The molecule has 2 aromatic carbocycles. The minimum Gasteiger partial charge on any atom is -0.483 e. The van der Waals surface area contributed by atoms with E-state index in [9.17, 15) is 4.79 Å². The van der Waals surface area contributed by atoms with Crippen molar-refractivity contribution in [2.24, 2.45) is 0 Å². The fourth-order valence-electron chi connectivity index (χ4n) is 2.37. The Labute approximate surface area is 140 Å². The van der Waals surface area contributed by atoms with E-state index in [4.69, 9.17) is 9.15 Å². The molecule has 0 spiro atoms. The average molecular weight is 322 g/mol. The van der Waals surface area contributed by atoms with Gasteiger partial charge in [0.2, 0.25) is 18.1 Å². The molecule has 3 aromatic rings. The van der Waals surface area contributed by atoms with Crippen molar-refractivity contribution in [3.8, 4) is 17.2 Å². The van der Waals surface area contributed by atoms with E-state index in [1.165, 1.54) is 12.0 Å². The Morgan fingerprint density at radius 2 is 1.83 bits per heavy atom. The van der Waals surface area contributed by atoms with Crippen LogP contribution in [-0.4, -0.2) is 22.1 Å². The Balaban J connectivity index is 1.67. The van der Waals surface area contributed by atoms with Crippen LogP contribution in [0, 0.1) is 0 Å². The smallest absolute Gasteiger partial charge is 0.247 e. The molecule has 0 aliphatic heterocycles. The van der Waals surface area contributed by atoms with Crippen LogP contribution in [0.2, 0.25) is 0 Å². The van der Waals surface area contributed by atoms with Gasteiger partial charge in [-0.3, -0.25) is 4.79 Å². The molecule has 24 heavy (non-hydrogen) atoms. The summed E-state index contributed by atoms with van der Waals surface area (Å²) in [6.45, 7) is 3.84. The molecule has 1 heterocycles. The number of hydrogen-bond acceptors (Lipinski definition) is 5. The van der Waals surface area contributed by atoms with E-state index in [-0.39, 0.29) is 5.78 Å². The quantitative estimate of drug-likeness (QED) is 0.643. The van der Waals surface area contributed by atoms with Crippen LogP contribution < -0.4 is 4.74 Å². The Morgan fingerprint density at radius 1 is 1.12 bits per heavy atom. The summed E-state index contributed by atoms with van der Waals surface area (Å²) in [5, 5.41) is 7.49. The Kier molecular flexibility index (Phi) is 4.70. The van der Waals surface area contributed by atoms with Crippen LogP contribution in [0.25, 0.3) is 11.5 Å². The normalized spacial score (nSPS) is 11.9. The van der Waals surface area contributed by atoms with Crippen LogP contribution in [0.4, 0.5) is 0 Å². The third-order valence-corrected chi connectivity index (χ3v) is 3.79. The first-order chi connectivity index (χ1) is 11.7. The number of rotatable bonds is 6. The van der Waals surface area contributed by atoms with Crippen molar-refractivity contribution in [3.05, 3.63) is 66.1 Å². The fourth-order valence-corrected chi connectivity index (χ4v) is 2.37. The lowest BCUT2D eigenvalue weighted by molar-refractivity contribution is 0.0818. The van der Waals surface area contributed by atoms with Gasteiger partial charge in [-0.15, -0.1) is 10.2 Å². The van der Waals surface area contributed by atoms with Gasteiger partial charge in [0.15, 0.2) is 6.10 Å². The number of hydrogen-bond donors (Lipinski definition) is 0. The van der Waals surface area contributed by atoms with Gasteiger partial charge in [-0.05, 0) is 43.2 Å². The molecule has 0 saturated heterocycles. The van der Waals surface area contributed by atoms with Gasteiger partial charge in [0.25, 0.3) is 0 Å². The van der Waals surface area contributed by atoms with Gasteiger partial charge in [0.1, 0.15) is 5.75 Å². The van der Waals surface area contributed by atoms with E-state index in [1.54, 1.807) is 19.1 Å². The zero-order valence-electron chi connectivity index (χ0n) is 13.6. The maximum Gasteiger partial charge on any atom is 0.247 e. The lowest BCUT2D eigenvalue weighted by Crippen LogP contribution is -2.23. The van der Waals surface area contributed by atoms with Crippen molar-refractivity contribution in [1.29, 1.82) is 0 Å². The van der Waals surface area contributed by atoms with Gasteiger partial charge in [0, 0.05) is 11.1 Å². The molecule has 0 bridgehead atoms. The first-order valence-electron chi connectivity index (χ1n) is 7.84. The lowest BCUT2D eigenvalue weighted by Gasteiger charge is -2.14. The van der Waals surface area contributed by atoms with Gasteiger partial charge in [-0.25, -0.2) is 0 Å². The van der Waals surface area contributed by atoms with E-state index in [0.717, 1.165) is 12.0 Å². The molecule has 5 nitrogen and oxygen atoms in total. The summed E-state index contributed by atoms with van der Waals surface area (Å²) in [6, 6.07) is 14.8. The maximum atomic E-state index is 12.4. The van der Waals surface area contributed by atoms with Crippen molar-refractivity contribution >= 4 is 5.78 Å². The molecule has 1 atom stereocenters. The highest BCUT2D eigenvalue weighted by atomic mass is 16.5. The molecule has 0 radical (unpaired) electrons. The molecule has 0 N–H and O–H groups in total. The monoisotopic (exact) mass is 322 g/mol. The maximum absolute atomic E-state index is 12.4. The number of ketones is 1. The van der Waals surface area contributed by atoms with Gasteiger partial charge in [-0.2, -0.15) is 0 Å². The third-order valence-electron chi connectivity index (χ3n) is 3.79. The van der Waals surface area contributed by atoms with Crippen LogP contribution in [0.15, 0.2) is 59.3 Å². The number of carbonyl (C=O) groups excluding carboxylic acids is 1. The minimum atomic E-state index is -0.563. The van der Waals surface area contributed by atoms with Crippen LogP contribution in [0.5, 0.6) is 5.75 Å². The van der Waals surface area contributed by atoms with Crippen LogP contribution in [-0.2, 0) is 6.42 Å². The summed E-state index contributed by atoms with van der Waals surface area (Å²) in [7, 11) is 0. The zero-order valence-corrected chi connectivity index (χ0v) is 13.6. The van der Waals surface area contributed by atoms with Crippen molar-refractivity contribution in [3.63, 3.8) is 0 Å². The second-order valence-corrected chi connectivity index (χ2v) is 5.44.